The lowest BCUT2D eigenvalue weighted by Crippen LogP contribution is -2.36. The Morgan fingerprint density at radius 1 is 1.20 bits per heavy atom. The molecule has 2 saturated heterocycles. The van der Waals surface area contributed by atoms with E-state index >= 15 is 0 Å². The first-order chi connectivity index (χ1) is 14.0. The summed E-state index contributed by atoms with van der Waals surface area (Å²) in [5.41, 5.74) is 8.79. The molecule has 0 aromatic carbocycles. The van der Waals surface area contributed by atoms with E-state index in [0.717, 1.165) is 0 Å². The molecule has 0 aliphatic carbocycles. The van der Waals surface area contributed by atoms with Gasteiger partial charge < -0.3 is 23.8 Å². The highest BCUT2D eigenvalue weighted by Gasteiger charge is 2.47. The van der Waals surface area contributed by atoms with E-state index in [4.69, 9.17) is 49.2 Å². The third-order valence-corrected chi connectivity index (χ3v) is 5.47. The number of nitrogens with zero attached hydrogens (tertiary/aromatic N) is 3. The van der Waals surface area contributed by atoms with Gasteiger partial charge in [0, 0.05) is 16.9 Å². The molecule has 8 unspecified atom stereocenters. The Morgan fingerprint density at radius 2 is 1.90 bits per heavy atom. The van der Waals surface area contributed by atoms with Crippen molar-refractivity contribution in [1.82, 2.24) is 0 Å². The van der Waals surface area contributed by atoms with Crippen molar-refractivity contribution in [2.24, 2.45) is 5.11 Å². The van der Waals surface area contributed by atoms with Gasteiger partial charge >= 0.3 is 7.82 Å². The van der Waals surface area contributed by atoms with Crippen LogP contribution in [0.4, 0.5) is 0 Å². The molecular weight excluding hydrogens is 415 g/mol. The van der Waals surface area contributed by atoms with E-state index in [2.05, 4.69) is 10.0 Å². The third-order valence-electron chi connectivity index (χ3n) is 4.48. The summed E-state index contributed by atoms with van der Waals surface area (Å²) in [7, 11) is 7.04. The van der Waals surface area contributed by atoms with Gasteiger partial charge in [0.05, 0.1) is 37.6 Å². The van der Waals surface area contributed by atoms with E-state index < -0.39 is 44.2 Å². The van der Waals surface area contributed by atoms with Crippen LogP contribution in [0.15, 0.2) is 5.11 Å². The zero-order chi connectivity index (χ0) is 22.5. The predicted octanol–water partition coefficient (Wildman–Crippen LogP) is 1.56. The topological polar surface area (TPSA) is 141 Å². The standard InChI is InChI=1S/C16H28B2N3O8P/c1-8(2)24-6-12-15(14(20-21-19)16(18)28-12)29-30(22,23)25-7-11-10(26-9(3)4)5-13(17)27-11/h8-16H,5-7H2,1-4H3,(H,22,23). The molecule has 8 atom stereocenters. The minimum Gasteiger partial charge on any atom is -0.380 e. The largest absolute Gasteiger partial charge is 0.472 e. The first-order valence-corrected chi connectivity index (χ1v) is 11.3. The molecule has 2 rings (SSSR count). The summed E-state index contributed by atoms with van der Waals surface area (Å²) in [5, 5.41) is 3.54. The average molecular weight is 443 g/mol. The molecule has 166 valence electrons. The number of phosphoric ester groups is 1. The van der Waals surface area contributed by atoms with Crippen molar-refractivity contribution in [1.29, 1.82) is 0 Å². The fourth-order valence-corrected chi connectivity index (χ4v) is 4.21. The maximum absolute atomic E-state index is 12.6. The number of azide groups is 1. The highest BCUT2D eigenvalue weighted by molar-refractivity contribution is 7.47. The lowest BCUT2D eigenvalue weighted by atomic mass is 9.91. The summed E-state index contributed by atoms with van der Waals surface area (Å²) in [6.07, 6.45) is -2.75. The first-order valence-electron chi connectivity index (χ1n) is 9.81. The maximum atomic E-state index is 12.6. The summed E-state index contributed by atoms with van der Waals surface area (Å²) in [6.45, 7) is 7.10. The molecule has 2 aliphatic heterocycles. The van der Waals surface area contributed by atoms with Crippen LogP contribution in [-0.4, -0.2) is 88.5 Å². The van der Waals surface area contributed by atoms with Crippen LogP contribution >= 0.6 is 7.82 Å². The molecule has 2 heterocycles. The molecule has 14 heteroatoms. The van der Waals surface area contributed by atoms with Gasteiger partial charge in [-0.3, -0.25) is 9.05 Å². The minimum absolute atomic E-state index is 0.0262. The Balaban J connectivity index is 2.02. The summed E-state index contributed by atoms with van der Waals surface area (Å²) in [4.78, 5) is 13.0. The zero-order valence-corrected chi connectivity index (χ0v) is 18.5. The van der Waals surface area contributed by atoms with E-state index in [-0.39, 0.29) is 31.5 Å². The van der Waals surface area contributed by atoms with Crippen molar-refractivity contribution < 1.29 is 37.5 Å². The van der Waals surface area contributed by atoms with Crippen molar-refractivity contribution in [3.8, 4) is 0 Å². The van der Waals surface area contributed by atoms with Crippen molar-refractivity contribution in [3.63, 3.8) is 0 Å². The fourth-order valence-electron chi connectivity index (χ4n) is 3.25. The third kappa shape index (κ3) is 7.51. The number of ether oxygens (including phenoxy) is 4. The van der Waals surface area contributed by atoms with Gasteiger partial charge in [-0.05, 0) is 39.6 Å². The van der Waals surface area contributed by atoms with Gasteiger partial charge in [0.2, 0.25) is 0 Å². The number of phosphoric acid groups is 1. The first kappa shape index (κ1) is 25.6. The second-order valence-corrected chi connectivity index (χ2v) is 9.13. The molecule has 0 amide bonds. The molecule has 30 heavy (non-hydrogen) atoms. The molecule has 0 spiro atoms. The molecule has 4 radical (unpaired) electrons. The lowest BCUT2D eigenvalue weighted by Gasteiger charge is -2.26. The van der Waals surface area contributed by atoms with Crippen molar-refractivity contribution in [3.05, 3.63) is 10.4 Å². The second kappa shape index (κ2) is 11.3. The van der Waals surface area contributed by atoms with Gasteiger partial charge in [0.25, 0.3) is 0 Å². The molecular formula is C16H28B2N3O8P. The van der Waals surface area contributed by atoms with Gasteiger partial charge in [0.15, 0.2) is 0 Å². The monoisotopic (exact) mass is 443 g/mol. The summed E-state index contributed by atoms with van der Waals surface area (Å²) in [6, 6.07) is -2.62. The summed E-state index contributed by atoms with van der Waals surface area (Å²) >= 11 is 0. The normalized spacial score (nSPS) is 36.2. The Bertz CT molecular complexity index is 654. The maximum Gasteiger partial charge on any atom is 0.472 e. The van der Waals surface area contributed by atoms with Crippen molar-refractivity contribution in [2.75, 3.05) is 13.2 Å². The van der Waals surface area contributed by atoms with Crippen LogP contribution in [0.1, 0.15) is 34.1 Å². The van der Waals surface area contributed by atoms with E-state index in [0.29, 0.717) is 6.42 Å². The predicted molar refractivity (Wildman–Crippen MR) is 108 cm³/mol. The highest BCUT2D eigenvalue weighted by atomic mass is 31.2. The number of hydrogen-bond donors (Lipinski definition) is 1. The second-order valence-electron chi connectivity index (χ2n) is 7.72. The van der Waals surface area contributed by atoms with Crippen LogP contribution < -0.4 is 0 Å². The molecule has 0 aromatic heterocycles. The minimum atomic E-state index is -4.60. The molecule has 0 aromatic rings. The SMILES string of the molecule is [B]C1CC(OC(C)C)C(COP(=O)(O)OC2C(COC(C)C)OC([B])C2N=[N+]=[N-])O1. The van der Waals surface area contributed by atoms with E-state index in [1.807, 2.05) is 27.7 Å². The number of rotatable bonds is 11. The van der Waals surface area contributed by atoms with Gasteiger partial charge in [-0.1, -0.05) is 5.11 Å². The van der Waals surface area contributed by atoms with Crippen LogP contribution in [0.5, 0.6) is 0 Å². The average Bonchev–Trinajstić information content (AvgIpc) is 3.11. The van der Waals surface area contributed by atoms with Crippen molar-refractivity contribution >= 4 is 23.5 Å². The Hall–Kier alpha value is -0.610. The summed E-state index contributed by atoms with van der Waals surface area (Å²) in [5.74, 6) is 0. The Labute approximate surface area is 179 Å². The van der Waals surface area contributed by atoms with Crippen LogP contribution in [0, 0.1) is 0 Å². The molecule has 2 fully saturated rings. The molecule has 1 N–H and O–H groups in total. The van der Waals surface area contributed by atoms with Gasteiger partial charge in [-0.25, -0.2) is 4.57 Å². The van der Waals surface area contributed by atoms with Crippen molar-refractivity contribution in [2.45, 2.75) is 88.8 Å². The van der Waals surface area contributed by atoms with Gasteiger partial charge in [0.1, 0.15) is 34.0 Å². The zero-order valence-electron chi connectivity index (χ0n) is 17.6. The fraction of sp³-hybridized carbons (Fsp3) is 1.00. The molecule has 2 aliphatic rings. The van der Waals surface area contributed by atoms with E-state index in [9.17, 15) is 9.46 Å². The van der Waals surface area contributed by atoms with Gasteiger partial charge in [-0.2, -0.15) is 0 Å². The Morgan fingerprint density at radius 3 is 2.50 bits per heavy atom. The van der Waals surface area contributed by atoms with Crippen LogP contribution in [0.3, 0.4) is 0 Å². The van der Waals surface area contributed by atoms with Gasteiger partial charge in [-0.15, -0.1) is 0 Å². The lowest BCUT2D eigenvalue weighted by molar-refractivity contribution is -0.0651. The van der Waals surface area contributed by atoms with E-state index in [1.54, 1.807) is 0 Å². The summed E-state index contributed by atoms with van der Waals surface area (Å²) < 4.78 is 45.2. The number of hydrogen-bond acceptors (Lipinski definition) is 8. The molecule has 0 bridgehead atoms. The quantitative estimate of drug-likeness (QED) is 0.167. The van der Waals surface area contributed by atoms with Crippen LogP contribution in [0.25, 0.3) is 10.4 Å². The molecule has 11 nitrogen and oxygen atoms in total. The smallest absolute Gasteiger partial charge is 0.380 e. The van der Waals surface area contributed by atoms with Crippen LogP contribution in [0.2, 0.25) is 0 Å². The highest BCUT2D eigenvalue weighted by Crippen LogP contribution is 2.48. The van der Waals surface area contributed by atoms with Crippen LogP contribution in [-0.2, 0) is 32.6 Å². The van der Waals surface area contributed by atoms with E-state index in [1.165, 1.54) is 0 Å². The molecule has 0 saturated carbocycles. The Kier molecular flexibility index (Phi) is 9.67.